The largest absolute Gasteiger partial charge is 0.391 e. The zero-order valence-electron chi connectivity index (χ0n) is 21.9. The maximum absolute atomic E-state index is 12.9. The maximum Gasteiger partial charge on any atom is 0.245 e. The predicted octanol–water partition coefficient (Wildman–Crippen LogP) is 2.17. The molecule has 1 rings (SSSR count). The highest BCUT2D eigenvalue weighted by molar-refractivity contribution is 5.95. The summed E-state index contributed by atoms with van der Waals surface area (Å²) >= 11 is 0. The van der Waals surface area contributed by atoms with Gasteiger partial charge in [0, 0.05) is 24.7 Å². The van der Waals surface area contributed by atoms with Gasteiger partial charge in [-0.2, -0.15) is 0 Å². The Balaban J connectivity index is 2.66. The van der Waals surface area contributed by atoms with Crippen molar-refractivity contribution >= 4 is 23.6 Å². The van der Waals surface area contributed by atoms with Gasteiger partial charge in [0.15, 0.2) is 0 Å². The summed E-state index contributed by atoms with van der Waals surface area (Å²) in [5, 5.41) is 20.8. The zero-order valence-corrected chi connectivity index (χ0v) is 21.9. The fourth-order valence-corrected chi connectivity index (χ4v) is 3.67. The van der Waals surface area contributed by atoms with Gasteiger partial charge in [-0.3, -0.25) is 19.2 Å². The smallest absolute Gasteiger partial charge is 0.245 e. The van der Waals surface area contributed by atoms with Gasteiger partial charge in [0.25, 0.3) is 0 Å². The third-order valence-electron chi connectivity index (χ3n) is 5.79. The molecular weight excluding hydrogens is 460 g/mol. The van der Waals surface area contributed by atoms with Crippen molar-refractivity contribution in [1.29, 1.82) is 0 Å². The molecule has 4 amide bonds. The monoisotopic (exact) mass is 504 g/mol. The minimum Gasteiger partial charge on any atom is -0.391 e. The first kappa shape index (κ1) is 31.1. The van der Waals surface area contributed by atoms with Crippen molar-refractivity contribution in [2.45, 2.75) is 103 Å². The van der Waals surface area contributed by atoms with E-state index in [-0.39, 0.29) is 5.91 Å². The molecule has 1 aliphatic heterocycles. The van der Waals surface area contributed by atoms with Crippen molar-refractivity contribution in [2.75, 3.05) is 6.54 Å². The van der Waals surface area contributed by atoms with Crippen LogP contribution in [0.25, 0.3) is 0 Å². The first-order valence-corrected chi connectivity index (χ1v) is 13.1. The minimum absolute atomic E-state index is 0.219. The van der Waals surface area contributed by atoms with Crippen molar-refractivity contribution < 1.29 is 24.3 Å². The SMILES string of the molecule is CCCCCCCC=CC=CC(=O)N[C@H](C(=O)N[C@@H]1CCCCNC(=O)C=C[C@H](C)NC1=O)[C@@H](C)O. The van der Waals surface area contributed by atoms with Crippen molar-refractivity contribution in [3.05, 3.63) is 36.5 Å². The number of hydrogen-bond donors (Lipinski definition) is 5. The van der Waals surface area contributed by atoms with Crippen LogP contribution in [0.2, 0.25) is 0 Å². The Morgan fingerprint density at radius 3 is 2.64 bits per heavy atom. The number of aliphatic hydroxyl groups excluding tert-OH is 1. The summed E-state index contributed by atoms with van der Waals surface area (Å²) in [5.41, 5.74) is 0. The quantitative estimate of drug-likeness (QED) is 0.158. The molecule has 9 nitrogen and oxygen atoms in total. The van der Waals surface area contributed by atoms with Crippen molar-refractivity contribution in [3.63, 3.8) is 0 Å². The summed E-state index contributed by atoms with van der Waals surface area (Å²) in [4.78, 5) is 49.6. The van der Waals surface area contributed by atoms with E-state index in [0.29, 0.717) is 25.8 Å². The summed E-state index contributed by atoms with van der Waals surface area (Å²) in [6.45, 7) is 5.77. The molecule has 0 fully saturated rings. The summed E-state index contributed by atoms with van der Waals surface area (Å²) < 4.78 is 0. The van der Waals surface area contributed by atoms with Gasteiger partial charge in [-0.1, -0.05) is 56.9 Å². The van der Waals surface area contributed by atoms with E-state index in [1.54, 1.807) is 25.2 Å². The lowest BCUT2D eigenvalue weighted by molar-refractivity contribution is -0.133. The maximum atomic E-state index is 12.9. The first-order valence-electron chi connectivity index (χ1n) is 13.1. The summed E-state index contributed by atoms with van der Waals surface area (Å²) in [6.07, 6.45) is 17.0. The normalized spacial score (nSPS) is 21.2. The zero-order chi connectivity index (χ0) is 26.8. The molecule has 0 saturated carbocycles. The van der Waals surface area contributed by atoms with Crippen molar-refractivity contribution in [2.24, 2.45) is 0 Å². The number of carbonyl (C=O) groups is 4. The molecule has 1 heterocycles. The molecule has 0 aliphatic carbocycles. The first-order chi connectivity index (χ1) is 17.2. The van der Waals surface area contributed by atoms with Crippen LogP contribution in [0.1, 0.15) is 78.6 Å². The molecule has 0 radical (unpaired) electrons. The van der Waals surface area contributed by atoms with Crippen LogP contribution in [-0.4, -0.2) is 59.5 Å². The van der Waals surface area contributed by atoms with E-state index in [0.717, 1.165) is 12.8 Å². The van der Waals surface area contributed by atoms with E-state index in [2.05, 4.69) is 28.2 Å². The lowest BCUT2D eigenvalue weighted by Crippen LogP contribution is -2.57. The van der Waals surface area contributed by atoms with E-state index in [1.807, 2.05) is 6.08 Å². The van der Waals surface area contributed by atoms with Crippen LogP contribution in [0, 0.1) is 0 Å². The van der Waals surface area contributed by atoms with Crippen molar-refractivity contribution in [3.8, 4) is 0 Å². The topological polar surface area (TPSA) is 137 Å². The molecule has 4 atom stereocenters. The highest BCUT2D eigenvalue weighted by Gasteiger charge is 2.29. The van der Waals surface area contributed by atoms with E-state index in [9.17, 15) is 24.3 Å². The standard InChI is InChI=1S/C27H44N4O5/c1-4-5-6-7-8-9-10-11-12-16-24(34)31-25(21(3)32)27(36)30-22-15-13-14-19-28-23(33)18-17-20(2)29-26(22)35/h10-12,16-18,20-22,25,32H,4-9,13-15,19H2,1-3H3,(H,28,33)(H,29,35)(H,30,36)(H,31,34)/t20-,21+,22+,25-/m0/s1. The predicted molar refractivity (Wildman–Crippen MR) is 141 cm³/mol. The molecule has 0 saturated heterocycles. The Hall–Kier alpha value is -2.94. The third kappa shape index (κ3) is 13.8. The second-order valence-electron chi connectivity index (χ2n) is 9.22. The summed E-state index contributed by atoms with van der Waals surface area (Å²) in [5.74, 6) is -1.76. The number of hydrogen-bond acceptors (Lipinski definition) is 5. The van der Waals surface area contributed by atoms with Gasteiger partial charge < -0.3 is 26.4 Å². The molecule has 9 heteroatoms. The molecule has 1 aliphatic rings. The van der Waals surface area contributed by atoms with Gasteiger partial charge in [-0.25, -0.2) is 0 Å². The third-order valence-corrected chi connectivity index (χ3v) is 5.79. The molecule has 0 aromatic rings. The lowest BCUT2D eigenvalue weighted by atomic mass is 10.1. The van der Waals surface area contributed by atoms with Gasteiger partial charge in [0.2, 0.25) is 23.6 Å². The molecule has 36 heavy (non-hydrogen) atoms. The fraction of sp³-hybridized carbons (Fsp3) is 0.630. The van der Waals surface area contributed by atoms with Gasteiger partial charge in [0.1, 0.15) is 12.1 Å². The van der Waals surface area contributed by atoms with Crippen LogP contribution in [0.3, 0.4) is 0 Å². The summed E-state index contributed by atoms with van der Waals surface area (Å²) in [7, 11) is 0. The number of aliphatic hydroxyl groups is 1. The number of unbranched alkanes of at least 4 members (excludes halogenated alkanes) is 5. The Bertz CT molecular complexity index is 791. The molecule has 202 valence electrons. The molecule has 0 unspecified atom stereocenters. The van der Waals surface area contributed by atoms with E-state index in [4.69, 9.17) is 0 Å². The van der Waals surface area contributed by atoms with Gasteiger partial charge in [-0.15, -0.1) is 0 Å². The summed E-state index contributed by atoms with van der Waals surface area (Å²) in [6, 6.07) is -2.46. The molecule has 0 aromatic carbocycles. The average molecular weight is 505 g/mol. The second kappa shape index (κ2) is 18.3. The van der Waals surface area contributed by atoms with Crippen molar-refractivity contribution in [1.82, 2.24) is 21.3 Å². The fourth-order valence-electron chi connectivity index (χ4n) is 3.67. The minimum atomic E-state index is -1.21. The van der Waals surface area contributed by atoms with Crippen LogP contribution in [0.5, 0.6) is 0 Å². The van der Waals surface area contributed by atoms with E-state index < -0.39 is 42.0 Å². The number of amides is 4. The van der Waals surface area contributed by atoms with Crippen LogP contribution in [0.4, 0.5) is 0 Å². The van der Waals surface area contributed by atoms with Crippen LogP contribution < -0.4 is 21.3 Å². The van der Waals surface area contributed by atoms with Gasteiger partial charge >= 0.3 is 0 Å². The van der Waals surface area contributed by atoms with Gasteiger partial charge in [-0.05, 0) is 46.0 Å². The van der Waals surface area contributed by atoms with Crippen LogP contribution >= 0.6 is 0 Å². The van der Waals surface area contributed by atoms with Crippen LogP contribution in [0.15, 0.2) is 36.5 Å². The number of rotatable bonds is 12. The molecular formula is C27H44N4O5. The highest BCUT2D eigenvalue weighted by atomic mass is 16.3. The Morgan fingerprint density at radius 2 is 1.92 bits per heavy atom. The molecule has 0 bridgehead atoms. The van der Waals surface area contributed by atoms with E-state index in [1.165, 1.54) is 44.8 Å². The van der Waals surface area contributed by atoms with E-state index >= 15 is 0 Å². The number of nitrogens with one attached hydrogen (secondary N) is 4. The molecule has 0 aromatic heterocycles. The van der Waals surface area contributed by atoms with Crippen LogP contribution in [-0.2, 0) is 19.2 Å². The Kier molecular flexibility index (Phi) is 15.8. The average Bonchev–Trinajstić information content (AvgIpc) is 2.83. The Morgan fingerprint density at radius 1 is 1.17 bits per heavy atom. The highest BCUT2D eigenvalue weighted by Crippen LogP contribution is 2.06. The molecule has 0 spiro atoms. The lowest BCUT2D eigenvalue weighted by Gasteiger charge is -2.25. The second-order valence-corrected chi connectivity index (χ2v) is 9.22. The Labute approximate surface area is 215 Å². The van der Waals surface area contributed by atoms with Gasteiger partial charge in [0.05, 0.1) is 6.10 Å². The number of carbonyl (C=O) groups excluding carboxylic acids is 4. The number of allylic oxidation sites excluding steroid dienone is 3. The molecule has 5 N–H and O–H groups in total.